The summed E-state index contributed by atoms with van der Waals surface area (Å²) in [5, 5.41) is 11.6. The van der Waals surface area contributed by atoms with Crippen LogP contribution in [0.3, 0.4) is 0 Å². The van der Waals surface area contributed by atoms with E-state index in [0.717, 1.165) is 4.47 Å². The molecule has 0 saturated heterocycles. The monoisotopic (exact) mass is 335 g/mol. The van der Waals surface area contributed by atoms with Gasteiger partial charge in [0, 0.05) is 16.4 Å². The first-order valence-corrected chi connectivity index (χ1v) is 6.32. The highest BCUT2D eigenvalue weighted by molar-refractivity contribution is 9.10. The Bertz CT molecular complexity index is 671. The molecule has 2 aromatic rings. The number of aromatic carboxylic acids is 1. The van der Waals surface area contributed by atoms with Crippen molar-refractivity contribution in [2.45, 2.75) is 0 Å². The van der Waals surface area contributed by atoms with Gasteiger partial charge in [0.25, 0.3) is 5.91 Å². The number of anilines is 2. The van der Waals surface area contributed by atoms with Crippen molar-refractivity contribution in [2.75, 3.05) is 11.1 Å². The molecule has 0 fully saturated rings. The summed E-state index contributed by atoms with van der Waals surface area (Å²) in [6, 6.07) is 7.37. The lowest BCUT2D eigenvalue weighted by Gasteiger charge is -2.09. The highest BCUT2D eigenvalue weighted by Crippen LogP contribution is 2.20. The van der Waals surface area contributed by atoms with Gasteiger partial charge in [0.05, 0.1) is 11.3 Å². The maximum absolute atomic E-state index is 12.0. The van der Waals surface area contributed by atoms with Gasteiger partial charge in [0.1, 0.15) is 5.69 Å². The predicted molar refractivity (Wildman–Crippen MR) is 77.7 cm³/mol. The molecule has 102 valence electrons. The number of amides is 1. The van der Waals surface area contributed by atoms with Gasteiger partial charge in [-0.15, -0.1) is 0 Å². The third kappa shape index (κ3) is 3.12. The molecule has 1 amide bonds. The topological polar surface area (TPSA) is 105 Å². The van der Waals surface area contributed by atoms with E-state index < -0.39 is 11.9 Å². The Hall–Kier alpha value is -2.41. The Morgan fingerprint density at radius 2 is 2.00 bits per heavy atom. The van der Waals surface area contributed by atoms with Crippen LogP contribution in [0.5, 0.6) is 0 Å². The second-order valence-corrected chi connectivity index (χ2v) is 4.84. The quantitative estimate of drug-likeness (QED) is 0.747. The largest absolute Gasteiger partial charge is 0.478 e. The molecule has 1 heterocycles. The molecule has 7 heteroatoms. The number of rotatable bonds is 3. The number of nitrogens with two attached hydrogens (primary N) is 1. The van der Waals surface area contributed by atoms with Crippen molar-refractivity contribution in [1.29, 1.82) is 0 Å². The van der Waals surface area contributed by atoms with Crippen molar-refractivity contribution in [2.24, 2.45) is 0 Å². The van der Waals surface area contributed by atoms with E-state index in [-0.39, 0.29) is 16.9 Å². The van der Waals surface area contributed by atoms with E-state index in [4.69, 9.17) is 10.8 Å². The van der Waals surface area contributed by atoms with Crippen LogP contribution >= 0.6 is 15.9 Å². The van der Waals surface area contributed by atoms with Crippen molar-refractivity contribution >= 4 is 39.2 Å². The fourth-order valence-electron chi connectivity index (χ4n) is 1.55. The number of nitrogen functional groups attached to an aromatic ring is 1. The zero-order chi connectivity index (χ0) is 14.7. The lowest BCUT2D eigenvalue weighted by atomic mass is 10.1. The summed E-state index contributed by atoms with van der Waals surface area (Å²) in [5.74, 6) is -1.66. The van der Waals surface area contributed by atoms with Crippen LogP contribution in [0.1, 0.15) is 20.8 Å². The number of carbonyl (C=O) groups is 2. The standard InChI is InChI=1S/C13H10BrN3O3/c14-7-1-4-10(16-6-7)12(18)17-11-5-8(15)2-3-9(11)13(19)20/h1-6H,15H2,(H,17,18)(H,19,20). The summed E-state index contributed by atoms with van der Waals surface area (Å²) in [7, 11) is 0. The van der Waals surface area contributed by atoms with Crippen LogP contribution < -0.4 is 11.1 Å². The fraction of sp³-hybridized carbons (Fsp3) is 0. The molecule has 0 unspecified atom stereocenters. The molecule has 0 bridgehead atoms. The molecule has 2 rings (SSSR count). The first kappa shape index (κ1) is 14.0. The Morgan fingerprint density at radius 1 is 1.25 bits per heavy atom. The van der Waals surface area contributed by atoms with Crippen LogP contribution in [0.25, 0.3) is 0 Å². The van der Waals surface area contributed by atoms with E-state index in [1.165, 1.54) is 30.5 Å². The second kappa shape index (κ2) is 5.70. The van der Waals surface area contributed by atoms with Gasteiger partial charge in [-0.05, 0) is 46.3 Å². The lowest BCUT2D eigenvalue weighted by Crippen LogP contribution is -2.16. The Balaban J connectivity index is 2.29. The molecule has 0 radical (unpaired) electrons. The van der Waals surface area contributed by atoms with E-state index >= 15 is 0 Å². The number of nitrogens with one attached hydrogen (secondary N) is 1. The molecular weight excluding hydrogens is 326 g/mol. The Morgan fingerprint density at radius 3 is 2.60 bits per heavy atom. The van der Waals surface area contributed by atoms with Gasteiger partial charge in [-0.2, -0.15) is 0 Å². The van der Waals surface area contributed by atoms with Crippen LogP contribution in [0.4, 0.5) is 11.4 Å². The minimum absolute atomic E-state index is 0.0374. The molecule has 1 aromatic heterocycles. The number of pyridine rings is 1. The highest BCUT2D eigenvalue weighted by Gasteiger charge is 2.14. The van der Waals surface area contributed by atoms with E-state index in [0.29, 0.717) is 5.69 Å². The number of benzene rings is 1. The van der Waals surface area contributed by atoms with E-state index in [9.17, 15) is 9.59 Å². The summed E-state index contributed by atoms with van der Waals surface area (Å²) < 4.78 is 0.740. The van der Waals surface area contributed by atoms with Gasteiger partial charge in [-0.25, -0.2) is 9.78 Å². The molecule has 6 nitrogen and oxygen atoms in total. The summed E-state index contributed by atoms with van der Waals surface area (Å²) in [5.41, 5.74) is 6.22. The molecule has 20 heavy (non-hydrogen) atoms. The Labute approximate surface area is 122 Å². The van der Waals surface area contributed by atoms with Crippen molar-refractivity contribution in [3.63, 3.8) is 0 Å². The maximum atomic E-state index is 12.0. The fourth-order valence-corrected chi connectivity index (χ4v) is 1.78. The van der Waals surface area contributed by atoms with Crippen LogP contribution in [0.2, 0.25) is 0 Å². The molecule has 0 atom stereocenters. The summed E-state index contributed by atoms with van der Waals surface area (Å²) in [6.07, 6.45) is 1.48. The van der Waals surface area contributed by atoms with Gasteiger partial charge in [0.2, 0.25) is 0 Å². The third-order valence-corrected chi connectivity index (χ3v) is 2.95. The molecule has 0 aliphatic carbocycles. The first-order chi connectivity index (χ1) is 9.47. The summed E-state index contributed by atoms with van der Waals surface area (Å²) in [6.45, 7) is 0. The van der Waals surface area contributed by atoms with Gasteiger partial charge >= 0.3 is 5.97 Å². The van der Waals surface area contributed by atoms with Crippen molar-refractivity contribution in [3.8, 4) is 0 Å². The van der Waals surface area contributed by atoms with Gasteiger partial charge in [-0.1, -0.05) is 0 Å². The molecule has 0 saturated carbocycles. The van der Waals surface area contributed by atoms with Crippen molar-refractivity contribution < 1.29 is 14.7 Å². The normalized spacial score (nSPS) is 10.1. The number of halogens is 1. The Kier molecular flexibility index (Phi) is 3.99. The smallest absolute Gasteiger partial charge is 0.337 e. The number of carboxylic acids is 1. The highest BCUT2D eigenvalue weighted by atomic mass is 79.9. The number of carboxylic acid groups (broad SMARTS) is 1. The molecule has 1 aromatic carbocycles. The average Bonchev–Trinajstić information content (AvgIpc) is 2.39. The van der Waals surface area contributed by atoms with E-state index in [1.807, 2.05) is 0 Å². The number of hydrogen-bond donors (Lipinski definition) is 3. The lowest BCUT2D eigenvalue weighted by molar-refractivity contribution is 0.0698. The van der Waals surface area contributed by atoms with Crippen LogP contribution in [0.15, 0.2) is 41.0 Å². The molecule has 0 aliphatic heterocycles. The average molecular weight is 336 g/mol. The van der Waals surface area contributed by atoms with Crippen LogP contribution in [-0.4, -0.2) is 22.0 Å². The van der Waals surface area contributed by atoms with Gasteiger partial charge < -0.3 is 16.2 Å². The second-order valence-electron chi connectivity index (χ2n) is 3.93. The molecule has 4 N–H and O–H groups in total. The van der Waals surface area contributed by atoms with Gasteiger partial charge in [0.15, 0.2) is 0 Å². The molecular formula is C13H10BrN3O3. The van der Waals surface area contributed by atoms with E-state index in [1.54, 1.807) is 6.07 Å². The molecule has 0 aliphatic rings. The third-order valence-electron chi connectivity index (χ3n) is 2.48. The number of aromatic nitrogens is 1. The number of nitrogens with zero attached hydrogens (tertiary/aromatic N) is 1. The first-order valence-electron chi connectivity index (χ1n) is 5.53. The zero-order valence-electron chi connectivity index (χ0n) is 10.1. The maximum Gasteiger partial charge on any atom is 0.337 e. The van der Waals surface area contributed by atoms with Crippen LogP contribution in [-0.2, 0) is 0 Å². The predicted octanol–water partition coefficient (Wildman–Crippen LogP) is 2.38. The zero-order valence-corrected chi connectivity index (χ0v) is 11.7. The summed E-state index contributed by atoms with van der Waals surface area (Å²) in [4.78, 5) is 27.0. The van der Waals surface area contributed by atoms with Crippen molar-refractivity contribution in [3.05, 3.63) is 52.3 Å². The minimum Gasteiger partial charge on any atom is -0.478 e. The van der Waals surface area contributed by atoms with Crippen molar-refractivity contribution in [1.82, 2.24) is 4.98 Å². The summed E-state index contributed by atoms with van der Waals surface area (Å²) >= 11 is 3.21. The van der Waals surface area contributed by atoms with Gasteiger partial charge in [-0.3, -0.25) is 4.79 Å². The number of carbonyl (C=O) groups excluding carboxylic acids is 1. The number of hydrogen-bond acceptors (Lipinski definition) is 4. The SMILES string of the molecule is Nc1ccc(C(=O)O)c(NC(=O)c2ccc(Br)cn2)c1. The molecule has 0 spiro atoms. The minimum atomic E-state index is -1.15. The van der Waals surface area contributed by atoms with Crippen LogP contribution in [0, 0.1) is 0 Å². The van der Waals surface area contributed by atoms with E-state index in [2.05, 4.69) is 26.2 Å².